The summed E-state index contributed by atoms with van der Waals surface area (Å²) in [4.78, 5) is 26.3. The molecular weight excluding hydrogens is 276 g/mol. The fraction of sp³-hybridized carbons (Fsp3) is 0.222. The zero-order valence-electron chi connectivity index (χ0n) is 12.5. The van der Waals surface area contributed by atoms with Crippen molar-refractivity contribution < 1.29 is 9.59 Å². The van der Waals surface area contributed by atoms with Crippen LogP contribution in [0.3, 0.4) is 0 Å². The smallest absolute Gasteiger partial charge is 0.247 e. The summed E-state index contributed by atoms with van der Waals surface area (Å²) in [5.41, 5.74) is 2.65. The highest BCUT2D eigenvalue weighted by Crippen LogP contribution is 2.27. The first kappa shape index (κ1) is 14.3. The van der Waals surface area contributed by atoms with E-state index >= 15 is 0 Å². The number of rotatable bonds is 3. The highest BCUT2D eigenvalue weighted by molar-refractivity contribution is 6.07. The van der Waals surface area contributed by atoms with E-state index in [1.165, 1.54) is 0 Å². The van der Waals surface area contributed by atoms with Gasteiger partial charge >= 0.3 is 0 Å². The van der Waals surface area contributed by atoms with Crippen LogP contribution in [0.1, 0.15) is 18.4 Å². The van der Waals surface area contributed by atoms with Crippen LogP contribution in [0.25, 0.3) is 0 Å². The Kier molecular flexibility index (Phi) is 3.92. The quantitative estimate of drug-likeness (QED) is 0.945. The fourth-order valence-corrected chi connectivity index (χ4v) is 2.71. The molecule has 0 radical (unpaired) electrons. The Morgan fingerprint density at radius 2 is 1.77 bits per heavy atom. The molecule has 1 aliphatic rings. The lowest BCUT2D eigenvalue weighted by molar-refractivity contribution is -0.120. The number of hydrogen-bond acceptors (Lipinski definition) is 2. The van der Waals surface area contributed by atoms with Crippen molar-refractivity contribution in [1.82, 2.24) is 0 Å². The largest absolute Gasteiger partial charge is 0.324 e. The third kappa shape index (κ3) is 2.86. The van der Waals surface area contributed by atoms with Gasteiger partial charge in [-0.3, -0.25) is 14.5 Å². The molecule has 1 atom stereocenters. The molecule has 0 aromatic heterocycles. The first-order valence-corrected chi connectivity index (χ1v) is 7.40. The van der Waals surface area contributed by atoms with Gasteiger partial charge in [0.05, 0.1) is 0 Å². The maximum Gasteiger partial charge on any atom is 0.247 e. The molecule has 4 nitrogen and oxygen atoms in total. The average molecular weight is 294 g/mol. The Morgan fingerprint density at radius 1 is 1.09 bits per heavy atom. The van der Waals surface area contributed by atoms with Crippen molar-refractivity contribution in [2.24, 2.45) is 0 Å². The predicted octanol–water partition coefficient (Wildman–Crippen LogP) is 3.13. The Bertz CT molecular complexity index is 680. The van der Waals surface area contributed by atoms with Crippen molar-refractivity contribution in [3.8, 4) is 0 Å². The van der Waals surface area contributed by atoms with Gasteiger partial charge in [0.15, 0.2) is 0 Å². The van der Waals surface area contributed by atoms with Crippen molar-refractivity contribution >= 4 is 23.2 Å². The number of anilines is 2. The molecule has 1 aliphatic heterocycles. The van der Waals surface area contributed by atoms with Gasteiger partial charge in [-0.05, 0) is 37.6 Å². The van der Waals surface area contributed by atoms with Gasteiger partial charge < -0.3 is 5.32 Å². The third-order valence-electron chi connectivity index (χ3n) is 3.87. The summed E-state index contributed by atoms with van der Waals surface area (Å²) in [5, 5.41) is 2.88. The number of nitrogens with one attached hydrogen (secondary N) is 1. The first-order chi connectivity index (χ1) is 10.6. The number of amides is 2. The van der Waals surface area contributed by atoms with E-state index in [2.05, 4.69) is 5.32 Å². The molecule has 1 N–H and O–H groups in total. The van der Waals surface area contributed by atoms with Crippen molar-refractivity contribution in [3.05, 3.63) is 60.2 Å². The topological polar surface area (TPSA) is 49.4 Å². The van der Waals surface area contributed by atoms with E-state index in [0.29, 0.717) is 12.8 Å². The lowest BCUT2D eigenvalue weighted by Gasteiger charge is -2.24. The number of carbonyl (C=O) groups is 2. The normalized spacial score (nSPS) is 17.6. The number of aryl methyl sites for hydroxylation is 1. The summed E-state index contributed by atoms with van der Waals surface area (Å²) in [7, 11) is 0. The first-order valence-electron chi connectivity index (χ1n) is 7.40. The summed E-state index contributed by atoms with van der Waals surface area (Å²) < 4.78 is 0. The van der Waals surface area contributed by atoms with Gasteiger partial charge in [0.25, 0.3) is 0 Å². The van der Waals surface area contributed by atoms with Gasteiger partial charge in [-0.15, -0.1) is 0 Å². The van der Waals surface area contributed by atoms with Gasteiger partial charge in [0.1, 0.15) is 6.04 Å². The lowest BCUT2D eigenvalue weighted by atomic mass is 10.1. The molecular formula is C18H18N2O2. The van der Waals surface area contributed by atoms with E-state index in [9.17, 15) is 9.59 Å². The van der Waals surface area contributed by atoms with Crippen LogP contribution in [0.2, 0.25) is 0 Å². The molecule has 0 spiro atoms. The second-order valence-corrected chi connectivity index (χ2v) is 5.51. The average Bonchev–Trinajstić information content (AvgIpc) is 2.91. The van der Waals surface area contributed by atoms with E-state index in [4.69, 9.17) is 0 Å². The van der Waals surface area contributed by atoms with E-state index in [-0.39, 0.29) is 11.8 Å². The SMILES string of the molecule is Cc1ccc(N2C(=O)CCC2C(=O)Nc2ccccc2)cc1. The zero-order chi connectivity index (χ0) is 15.5. The number of carbonyl (C=O) groups excluding carboxylic acids is 2. The minimum Gasteiger partial charge on any atom is -0.324 e. The van der Waals surface area contributed by atoms with Crippen LogP contribution in [0, 0.1) is 6.92 Å². The highest BCUT2D eigenvalue weighted by atomic mass is 16.2. The predicted molar refractivity (Wildman–Crippen MR) is 86.8 cm³/mol. The summed E-state index contributed by atoms with van der Waals surface area (Å²) in [6, 6.07) is 16.5. The molecule has 0 saturated carbocycles. The number of hydrogen-bond donors (Lipinski definition) is 1. The summed E-state index contributed by atoms with van der Waals surface area (Å²) in [5.74, 6) is -0.144. The van der Waals surface area contributed by atoms with E-state index in [1.807, 2.05) is 61.5 Å². The molecule has 2 amide bonds. The molecule has 2 aromatic carbocycles. The van der Waals surface area contributed by atoms with Crippen LogP contribution in [-0.2, 0) is 9.59 Å². The number of para-hydroxylation sites is 1. The second kappa shape index (κ2) is 6.02. The Balaban J connectivity index is 1.81. The lowest BCUT2D eigenvalue weighted by Crippen LogP contribution is -2.41. The fourth-order valence-electron chi connectivity index (χ4n) is 2.71. The molecule has 1 fully saturated rings. The van der Waals surface area contributed by atoms with Crippen molar-refractivity contribution in [1.29, 1.82) is 0 Å². The Labute approximate surface area is 129 Å². The molecule has 0 aliphatic carbocycles. The molecule has 1 heterocycles. The van der Waals surface area contributed by atoms with Crippen LogP contribution in [0.5, 0.6) is 0 Å². The van der Waals surface area contributed by atoms with Gasteiger partial charge in [-0.2, -0.15) is 0 Å². The molecule has 0 bridgehead atoms. The van der Waals surface area contributed by atoms with Crippen molar-refractivity contribution in [2.75, 3.05) is 10.2 Å². The van der Waals surface area contributed by atoms with Crippen molar-refractivity contribution in [3.63, 3.8) is 0 Å². The molecule has 2 aromatic rings. The molecule has 112 valence electrons. The van der Waals surface area contributed by atoms with Gasteiger partial charge in [0, 0.05) is 17.8 Å². The number of nitrogens with zero attached hydrogens (tertiary/aromatic N) is 1. The molecule has 22 heavy (non-hydrogen) atoms. The summed E-state index contributed by atoms with van der Waals surface area (Å²) in [6.07, 6.45) is 0.951. The molecule has 4 heteroatoms. The van der Waals surface area contributed by atoms with Crippen LogP contribution >= 0.6 is 0 Å². The standard InChI is InChI=1S/C18H18N2O2/c1-13-7-9-15(10-8-13)20-16(11-12-17(20)21)18(22)19-14-5-3-2-4-6-14/h2-10,16H,11-12H2,1H3,(H,19,22). The minimum atomic E-state index is -0.449. The molecule has 1 unspecified atom stereocenters. The molecule has 1 saturated heterocycles. The van der Waals surface area contributed by atoms with E-state index in [0.717, 1.165) is 16.9 Å². The monoisotopic (exact) mass is 294 g/mol. The highest BCUT2D eigenvalue weighted by Gasteiger charge is 2.37. The zero-order valence-corrected chi connectivity index (χ0v) is 12.5. The van der Waals surface area contributed by atoms with Crippen LogP contribution < -0.4 is 10.2 Å². The Hall–Kier alpha value is -2.62. The van der Waals surface area contributed by atoms with Crippen molar-refractivity contribution in [2.45, 2.75) is 25.8 Å². The van der Waals surface area contributed by atoms with E-state index in [1.54, 1.807) is 4.90 Å². The van der Waals surface area contributed by atoms with Gasteiger partial charge in [-0.1, -0.05) is 35.9 Å². The van der Waals surface area contributed by atoms with Gasteiger partial charge in [-0.25, -0.2) is 0 Å². The summed E-state index contributed by atoms with van der Waals surface area (Å²) in [6.45, 7) is 2.00. The number of benzene rings is 2. The van der Waals surface area contributed by atoms with Crippen LogP contribution in [0.15, 0.2) is 54.6 Å². The Morgan fingerprint density at radius 3 is 2.45 bits per heavy atom. The van der Waals surface area contributed by atoms with E-state index < -0.39 is 6.04 Å². The van der Waals surface area contributed by atoms with Crippen LogP contribution in [-0.4, -0.2) is 17.9 Å². The van der Waals surface area contributed by atoms with Gasteiger partial charge in [0.2, 0.25) is 11.8 Å². The maximum atomic E-state index is 12.5. The van der Waals surface area contributed by atoms with Crippen LogP contribution in [0.4, 0.5) is 11.4 Å². The minimum absolute atomic E-state index is 0.00272. The summed E-state index contributed by atoms with van der Waals surface area (Å²) >= 11 is 0. The second-order valence-electron chi connectivity index (χ2n) is 5.51. The molecule has 3 rings (SSSR count). The third-order valence-corrected chi connectivity index (χ3v) is 3.87. The maximum absolute atomic E-state index is 12.5.